The number of aromatic nitrogens is 2. The van der Waals surface area contributed by atoms with E-state index in [-0.39, 0.29) is 17.9 Å². The van der Waals surface area contributed by atoms with Gasteiger partial charge in [-0.3, -0.25) is 9.59 Å². The molecule has 0 unspecified atom stereocenters. The zero-order valence-electron chi connectivity index (χ0n) is 13.6. The van der Waals surface area contributed by atoms with Gasteiger partial charge in [-0.05, 0) is 31.4 Å². The number of piperidine rings is 1. The van der Waals surface area contributed by atoms with Crippen LogP contribution in [0.25, 0.3) is 0 Å². The van der Waals surface area contributed by atoms with Crippen molar-refractivity contribution in [3.05, 3.63) is 59.7 Å². The highest BCUT2D eigenvalue weighted by Crippen LogP contribution is 2.15. The van der Waals surface area contributed by atoms with Crippen LogP contribution in [0.4, 0.5) is 0 Å². The van der Waals surface area contributed by atoms with E-state index in [1.54, 1.807) is 4.90 Å². The lowest BCUT2D eigenvalue weighted by atomic mass is 10.0. The molecular weight excluding hydrogens is 304 g/mol. The maximum Gasteiger partial charge on any atom is 0.256 e. The van der Waals surface area contributed by atoms with Gasteiger partial charge in [-0.25, -0.2) is 9.97 Å². The molecule has 0 spiro atoms. The number of aryl methyl sites for hydroxylation is 1. The summed E-state index contributed by atoms with van der Waals surface area (Å²) in [5.74, 6) is -0.103. The molecule has 24 heavy (non-hydrogen) atoms. The molecule has 2 amide bonds. The first-order valence-electron chi connectivity index (χ1n) is 8.06. The first-order chi connectivity index (χ1) is 11.6. The molecule has 1 fully saturated rings. The van der Waals surface area contributed by atoms with Gasteiger partial charge >= 0.3 is 0 Å². The summed E-state index contributed by atoms with van der Waals surface area (Å²) in [6.45, 7) is 3.16. The van der Waals surface area contributed by atoms with E-state index in [1.807, 2.05) is 31.2 Å². The Hall–Kier alpha value is -2.76. The molecule has 124 valence electrons. The normalized spacial score (nSPS) is 15.1. The second kappa shape index (κ2) is 7.21. The number of nitrogens with zero attached hydrogens (tertiary/aromatic N) is 3. The van der Waals surface area contributed by atoms with Crippen molar-refractivity contribution in [2.75, 3.05) is 13.1 Å². The SMILES string of the molecule is Cc1ccccc1C(=O)NC1CCN(C(=O)c2cncnc2)CC1. The van der Waals surface area contributed by atoms with Crippen molar-refractivity contribution in [3.63, 3.8) is 0 Å². The fraction of sp³-hybridized carbons (Fsp3) is 0.333. The monoisotopic (exact) mass is 324 g/mol. The van der Waals surface area contributed by atoms with Crippen molar-refractivity contribution in [3.8, 4) is 0 Å². The zero-order valence-corrected chi connectivity index (χ0v) is 13.6. The van der Waals surface area contributed by atoms with Gasteiger partial charge < -0.3 is 10.2 Å². The first kappa shape index (κ1) is 16.1. The summed E-state index contributed by atoms with van der Waals surface area (Å²) >= 11 is 0. The van der Waals surface area contributed by atoms with Crippen LogP contribution in [-0.4, -0.2) is 45.8 Å². The number of amides is 2. The Bertz CT molecular complexity index is 725. The van der Waals surface area contributed by atoms with Crippen molar-refractivity contribution >= 4 is 11.8 Å². The summed E-state index contributed by atoms with van der Waals surface area (Å²) in [7, 11) is 0. The topological polar surface area (TPSA) is 75.2 Å². The number of hydrogen-bond acceptors (Lipinski definition) is 4. The molecule has 0 aliphatic carbocycles. The summed E-state index contributed by atoms with van der Waals surface area (Å²) in [5.41, 5.74) is 2.17. The van der Waals surface area contributed by atoms with Crippen molar-refractivity contribution in [2.45, 2.75) is 25.8 Å². The van der Waals surface area contributed by atoms with Crippen LogP contribution < -0.4 is 5.32 Å². The molecular formula is C18H20N4O2. The average molecular weight is 324 g/mol. The third-order valence-electron chi connectivity index (χ3n) is 4.31. The highest BCUT2D eigenvalue weighted by molar-refractivity contribution is 5.96. The van der Waals surface area contributed by atoms with Crippen LogP contribution in [0, 0.1) is 6.92 Å². The second-order valence-corrected chi connectivity index (χ2v) is 5.98. The Labute approximate surface area is 140 Å². The molecule has 3 rings (SSSR count). The second-order valence-electron chi connectivity index (χ2n) is 5.98. The molecule has 2 heterocycles. The highest BCUT2D eigenvalue weighted by Gasteiger charge is 2.25. The van der Waals surface area contributed by atoms with Gasteiger partial charge in [0.25, 0.3) is 11.8 Å². The lowest BCUT2D eigenvalue weighted by Crippen LogP contribution is -2.46. The van der Waals surface area contributed by atoms with Gasteiger partial charge in [-0.15, -0.1) is 0 Å². The lowest BCUT2D eigenvalue weighted by molar-refractivity contribution is 0.0697. The molecule has 1 aliphatic heterocycles. The Balaban J connectivity index is 1.55. The molecule has 0 atom stereocenters. The van der Waals surface area contributed by atoms with Crippen molar-refractivity contribution in [2.24, 2.45) is 0 Å². The third-order valence-corrected chi connectivity index (χ3v) is 4.31. The van der Waals surface area contributed by atoms with Gasteiger partial charge in [0.2, 0.25) is 0 Å². The van der Waals surface area contributed by atoms with E-state index in [2.05, 4.69) is 15.3 Å². The van der Waals surface area contributed by atoms with Gasteiger partial charge in [0, 0.05) is 37.1 Å². The van der Waals surface area contributed by atoms with Crippen LogP contribution in [0.3, 0.4) is 0 Å². The fourth-order valence-electron chi connectivity index (χ4n) is 2.91. The smallest absolute Gasteiger partial charge is 0.256 e. The Morgan fingerprint density at radius 3 is 2.46 bits per heavy atom. The molecule has 0 bridgehead atoms. The summed E-state index contributed by atoms with van der Waals surface area (Å²) < 4.78 is 0. The minimum Gasteiger partial charge on any atom is -0.349 e. The Kier molecular flexibility index (Phi) is 4.84. The van der Waals surface area contributed by atoms with Crippen LogP contribution in [0.15, 0.2) is 43.0 Å². The van der Waals surface area contributed by atoms with E-state index < -0.39 is 0 Å². The van der Waals surface area contributed by atoms with Crippen molar-refractivity contribution in [1.29, 1.82) is 0 Å². The highest BCUT2D eigenvalue weighted by atomic mass is 16.2. The molecule has 1 saturated heterocycles. The van der Waals surface area contributed by atoms with E-state index in [4.69, 9.17) is 0 Å². The predicted molar refractivity (Wildman–Crippen MR) is 89.6 cm³/mol. The van der Waals surface area contributed by atoms with Crippen LogP contribution in [-0.2, 0) is 0 Å². The third kappa shape index (κ3) is 3.59. The van der Waals surface area contributed by atoms with Gasteiger partial charge in [0.05, 0.1) is 5.56 Å². The van der Waals surface area contributed by atoms with Crippen LogP contribution in [0.2, 0.25) is 0 Å². The molecule has 0 saturated carbocycles. The van der Waals surface area contributed by atoms with E-state index in [1.165, 1.54) is 18.7 Å². The molecule has 2 aromatic rings. The largest absolute Gasteiger partial charge is 0.349 e. The minimum atomic E-state index is -0.0562. The van der Waals surface area contributed by atoms with Crippen LogP contribution in [0.1, 0.15) is 39.1 Å². The number of nitrogens with one attached hydrogen (secondary N) is 1. The van der Waals surface area contributed by atoms with Crippen molar-refractivity contribution < 1.29 is 9.59 Å². The summed E-state index contributed by atoms with van der Waals surface area (Å²) in [6.07, 6.45) is 5.96. The number of carbonyl (C=O) groups excluding carboxylic acids is 2. The Morgan fingerprint density at radius 1 is 1.12 bits per heavy atom. The van der Waals surface area contributed by atoms with Gasteiger partial charge in [-0.2, -0.15) is 0 Å². The van der Waals surface area contributed by atoms with E-state index in [0.29, 0.717) is 24.2 Å². The number of hydrogen-bond donors (Lipinski definition) is 1. The Morgan fingerprint density at radius 2 is 1.79 bits per heavy atom. The molecule has 1 N–H and O–H groups in total. The molecule has 1 aliphatic rings. The number of likely N-dealkylation sites (tertiary alicyclic amines) is 1. The quantitative estimate of drug-likeness (QED) is 0.934. The average Bonchev–Trinajstić information content (AvgIpc) is 2.63. The minimum absolute atomic E-state index is 0.0469. The number of carbonyl (C=O) groups is 2. The fourth-order valence-corrected chi connectivity index (χ4v) is 2.91. The number of benzene rings is 1. The summed E-state index contributed by atoms with van der Waals surface area (Å²) in [4.78, 5) is 34.3. The molecule has 0 radical (unpaired) electrons. The first-order valence-corrected chi connectivity index (χ1v) is 8.06. The maximum atomic E-state index is 12.4. The van der Waals surface area contributed by atoms with Gasteiger partial charge in [-0.1, -0.05) is 18.2 Å². The van der Waals surface area contributed by atoms with E-state index in [0.717, 1.165) is 18.4 Å². The molecule has 6 nitrogen and oxygen atoms in total. The number of rotatable bonds is 3. The predicted octanol–water partition coefficient (Wildman–Crippen LogP) is 1.82. The van der Waals surface area contributed by atoms with Crippen molar-refractivity contribution in [1.82, 2.24) is 20.2 Å². The van der Waals surface area contributed by atoms with E-state index in [9.17, 15) is 9.59 Å². The standard InChI is InChI=1S/C18H20N4O2/c1-13-4-2-3-5-16(13)17(23)21-15-6-8-22(9-7-15)18(24)14-10-19-12-20-11-14/h2-5,10-12,15H,6-9H2,1H3,(H,21,23). The van der Waals surface area contributed by atoms with Gasteiger partial charge in [0.15, 0.2) is 0 Å². The lowest BCUT2D eigenvalue weighted by Gasteiger charge is -2.32. The zero-order chi connectivity index (χ0) is 16.9. The molecule has 6 heteroatoms. The van der Waals surface area contributed by atoms with Gasteiger partial charge in [0.1, 0.15) is 6.33 Å². The maximum absolute atomic E-state index is 12.4. The molecule has 1 aromatic carbocycles. The van der Waals surface area contributed by atoms with E-state index >= 15 is 0 Å². The van der Waals surface area contributed by atoms with Crippen LogP contribution in [0.5, 0.6) is 0 Å². The summed E-state index contributed by atoms with van der Waals surface area (Å²) in [6, 6.07) is 7.64. The molecule has 1 aromatic heterocycles. The summed E-state index contributed by atoms with van der Waals surface area (Å²) in [5, 5.41) is 3.07. The van der Waals surface area contributed by atoms with Crippen LogP contribution >= 0.6 is 0 Å².